The van der Waals surface area contributed by atoms with Crippen molar-refractivity contribution in [2.24, 2.45) is 0 Å². The van der Waals surface area contributed by atoms with Crippen LogP contribution in [0.15, 0.2) is 10.9 Å². The van der Waals surface area contributed by atoms with Gasteiger partial charge in [-0.1, -0.05) is 13.8 Å². The molecule has 0 saturated carbocycles. The standard InChI is InChI=1S/C11H13IN4O3/c1-6(2)10-14-15(5-9(17)19-3)11(18)7-4-8(12)13-16(7)10/h4,6H,5H2,1-3H3. The van der Waals surface area contributed by atoms with Crippen molar-refractivity contribution in [1.82, 2.24) is 19.4 Å². The first-order chi connectivity index (χ1) is 8.93. The summed E-state index contributed by atoms with van der Waals surface area (Å²) in [6, 6.07) is 1.67. The molecule has 7 nitrogen and oxygen atoms in total. The van der Waals surface area contributed by atoms with E-state index in [0.717, 1.165) is 4.68 Å². The molecule has 0 spiro atoms. The topological polar surface area (TPSA) is 78.5 Å². The molecule has 0 aliphatic rings. The third-order valence-electron chi connectivity index (χ3n) is 2.60. The minimum absolute atomic E-state index is 0.0719. The Morgan fingerprint density at radius 1 is 1.47 bits per heavy atom. The Bertz CT molecular complexity index is 689. The monoisotopic (exact) mass is 376 g/mol. The Balaban J connectivity index is 2.69. The number of carbonyl (C=O) groups excluding carboxylic acids is 1. The van der Waals surface area contributed by atoms with E-state index in [-0.39, 0.29) is 18.0 Å². The van der Waals surface area contributed by atoms with Gasteiger partial charge < -0.3 is 4.74 Å². The maximum Gasteiger partial charge on any atom is 0.327 e. The quantitative estimate of drug-likeness (QED) is 0.585. The average Bonchev–Trinajstić information content (AvgIpc) is 2.74. The van der Waals surface area contributed by atoms with Crippen LogP contribution in [0.4, 0.5) is 0 Å². The van der Waals surface area contributed by atoms with E-state index in [0.29, 0.717) is 15.0 Å². The van der Waals surface area contributed by atoms with Crippen molar-refractivity contribution >= 4 is 34.1 Å². The zero-order valence-corrected chi connectivity index (χ0v) is 12.9. The molecule has 2 aromatic rings. The highest BCUT2D eigenvalue weighted by Crippen LogP contribution is 2.13. The number of methoxy groups -OCH3 is 1. The van der Waals surface area contributed by atoms with Gasteiger partial charge in [0.25, 0.3) is 5.56 Å². The molecule has 102 valence electrons. The molecule has 8 heteroatoms. The van der Waals surface area contributed by atoms with E-state index >= 15 is 0 Å². The summed E-state index contributed by atoms with van der Waals surface area (Å²) in [6.07, 6.45) is 0. The number of halogens is 1. The number of esters is 1. The third-order valence-corrected chi connectivity index (χ3v) is 3.12. The molecule has 0 saturated heterocycles. The Hall–Kier alpha value is -1.45. The summed E-state index contributed by atoms with van der Waals surface area (Å²) in [6.45, 7) is 3.69. The maximum atomic E-state index is 12.2. The lowest BCUT2D eigenvalue weighted by molar-refractivity contribution is -0.141. The zero-order chi connectivity index (χ0) is 14.2. The zero-order valence-electron chi connectivity index (χ0n) is 10.8. The second kappa shape index (κ2) is 5.27. The molecular weight excluding hydrogens is 363 g/mol. The molecule has 0 fully saturated rings. The number of hydrogen-bond donors (Lipinski definition) is 0. The van der Waals surface area contributed by atoms with E-state index < -0.39 is 5.97 Å². The van der Waals surface area contributed by atoms with Gasteiger partial charge in [-0.25, -0.2) is 9.20 Å². The van der Waals surface area contributed by atoms with E-state index in [1.807, 2.05) is 36.4 Å². The molecule has 2 rings (SSSR count). The number of rotatable bonds is 3. The van der Waals surface area contributed by atoms with Crippen LogP contribution in [-0.4, -0.2) is 32.5 Å². The van der Waals surface area contributed by atoms with Crippen molar-refractivity contribution in [1.29, 1.82) is 0 Å². The van der Waals surface area contributed by atoms with Crippen LogP contribution < -0.4 is 5.56 Å². The Kier molecular flexibility index (Phi) is 3.88. The first kappa shape index (κ1) is 14.0. The first-order valence-electron chi connectivity index (χ1n) is 5.67. The van der Waals surface area contributed by atoms with Gasteiger partial charge in [0, 0.05) is 12.0 Å². The molecule has 0 unspecified atom stereocenters. The van der Waals surface area contributed by atoms with Crippen LogP contribution in [0.1, 0.15) is 25.6 Å². The van der Waals surface area contributed by atoms with Crippen LogP contribution in [0.5, 0.6) is 0 Å². The Labute approximate surface area is 122 Å². The summed E-state index contributed by atoms with van der Waals surface area (Å²) in [5.41, 5.74) is 0.0530. The van der Waals surface area contributed by atoms with E-state index in [9.17, 15) is 9.59 Å². The minimum Gasteiger partial charge on any atom is -0.468 e. The molecule has 0 aliphatic heterocycles. The first-order valence-corrected chi connectivity index (χ1v) is 6.75. The van der Waals surface area contributed by atoms with Gasteiger partial charge in [0.05, 0.1) is 7.11 Å². The molecule has 0 aliphatic carbocycles. The largest absolute Gasteiger partial charge is 0.468 e. The van der Waals surface area contributed by atoms with Crippen molar-refractivity contribution < 1.29 is 9.53 Å². The van der Waals surface area contributed by atoms with Crippen LogP contribution in [0.2, 0.25) is 0 Å². The van der Waals surface area contributed by atoms with Gasteiger partial charge in [0.15, 0.2) is 5.82 Å². The van der Waals surface area contributed by atoms with Gasteiger partial charge in [0.1, 0.15) is 15.8 Å². The van der Waals surface area contributed by atoms with Crippen molar-refractivity contribution in [3.8, 4) is 0 Å². The fourth-order valence-electron chi connectivity index (χ4n) is 1.68. The summed E-state index contributed by atoms with van der Waals surface area (Å²) in [5.74, 6) is 0.187. The lowest BCUT2D eigenvalue weighted by Gasteiger charge is -2.10. The smallest absolute Gasteiger partial charge is 0.327 e. The number of carbonyl (C=O) groups is 1. The lowest BCUT2D eigenvalue weighted by atomic mass is 10.2. The number of fused-ring (bicyclic) bond motifs is 1. The molecule has 2 aromatic heterocycles. The Morgan fingerprint density at radius 2 is 2.16 bits per heavy atom. The van der Waals surface area contributed by atoms with E-state index in [2.05, 4.69) is 14.9 Å². The van der Waals surface area contributed by atoms with Crippen LogP contribution >= 0.6 is 22.6 Å². The van der Waals surface area contributed by atoms with Gasteiger partial charge in [-0.05, 0) is 22.6 Å². The molecule has 0 bridgehead atoms. The number of hydrogen-bond acceptors (Lipinski definition) is 5. The van der Waals surface area contributed by atoms with E-state index in [1.165, 1.54) is 11.6 Å². The van der Waals surface area contributed by atoms with E-state index in [1.54, 1.807) is 6.07 Å². The molecule has 0 aromatic carbocycles. The van der Waals surface area contributed by atoms with Crippen molar-refractivity contribution in [3.63, 3.8) is 0 Å². The fraction of sp³-hybridized carbons (Fsp3) is 0.455. The molecular formula is C11H13IN4O3. The molecule has 2 heterocycles. The highest BCUT2D eigenvalue weighted by Gasteiger charge is 2.17. The summed E-state index contributed by atoms with van der Waals surface area (Å²) < 4.78 is 7.92. The van der Waals surface area contributed by atoms with E-state index in [4.69, 9.17) is 0 Å². The Morgan fingerprint density at radius 3 is 2.74 bits per heavy atom. The summed E-state index contributed by atoms with van der Waals surface area (Å²) >= 11 is 2.03. The van der Waals surface area contributed by atoms with Crippen LogP contribution in [-0.2, 0) is 16.1 Å². The molecule has 0 N–H and O–H groups in total. The highest BCUT2D eigenvalue weighted by atomic mass is 127. The van der Waals surface area contributed by atoms with Gasteiger partial charge in [-0.15, -0.1) is 0 Å². The SMILES string of the molecule is COC(=O)Cn1nc(C(C)C)n2nc(I)cc2c1=O. The summed E-state index contributed by atoms with van der Waals surface area (Å²) in [7, 11) is 1.27. The molecule has 0 amide bonds. The van der Waals surface area contributed by atoms with Crippen molar-refractivity contribution in [2.75, 3.05) is 7.11 Å². The number of ether oxygens (including phenoxy) is 1. The average molecular weight is 376 g/mol. The molecule has 0 atom stereocenters. The van der Waals surface area contributed by atoms with Gasteiger partial charge in [0.2, 0.25) is 0 Å². The van der Waals surface area contributed by atoms with Crippen LogP contribution in [0, 0.1) is 3.70 Å². The number of aromatic nitrogens is 4. The van der Waals surface area contributed by atoms with Gasteiger partial charge in [-0.2, -0.15) is 10.2 Å². The molecule has 19 heavy (non-hydrogen) atoms. The van der Waals surface area contributed by atoms with Crippen molar-refractivity contribution in [2.45, 2.75) is 26.3 Å². The fourth-order valence-corrected chi connectivity index (χ4v) is 2.19. The van der Waals surface area contributed by atoms with Gasteiger partial charge >= 0.3 is 5.97 Å². The van der Waals surface area contributed by atoms with Crippen molar-refractivity contribution in [3.05, 3.63) is 25.9 Å². The summed E-state index contributed by atoms with van der Waals surface area (Å²) in [4.78, 5) is 23.5. The number of nitrogens with zero attached hydrogens (tertiary/aromatic N) is 4. The predicted molar refractivity (Wildman–Crippen MR) is 76.1 cm³/mol. The second-order valence-corrected chi connectivity index (χ2v) is 5.42. The van der Waals surface area contributed by atoms with Gasteiger partial charge in [-0.3, -0.25) is 9.59 Å². The normalized spacial score (nSPS) is 11.2. The van der Waals surface area contributed by atoms with Crippen LogP contribution in [0.25, 0.3) is 5.52 Å². The third kappa shape index (κ3) is 2.62. The minimum atomic E-state index is -0.511. The summed E-state index contributed by atoms with van der Waals surface area (Å²) in [5, 5.41) is 8.45. The molecule has 0 radical (unpaired) electrons. The van der Waals surface area contributed by atoms with Crippen LogP contribution in [0.3, 0.4) is 0 Å². The second-order valence-electron chi connectivity index (χ2n) is 4.32. The lowest BCUT2D eigenvalue weighted by Crippen LogP contribution is -2.31. The highest BCUT2D eigenvalue weighted by molar-refractivity contribution is 14.1. The predicted octanol–water partition coefficient (Wildman–Crippen LogP) is 0.792. The maximum absolute atomic E-state index is 12.2.